The van der Waals surface area contributed by atoms with E-state index in [2.05, 4.69) is 0 Å². The molecule has 1 aromatic rings. The maximum Gasteiger partial charge on any atom is 0.230 e. The number of benzene rings is 1. The van der Waals surface area contributed by atoms with E-state index < -0.39 is 0 Å². The van der Waals surface area contributed by atoms with Crippen LogP contribution in [0, 0.1) is 6.92 Å². The van der Waals surface area contributed by atoms with Crippen molar-refractivity contribution in [2.45, 2.75) is 32.2 Å². The topological polar surface area (TPSA) is 57.7 Å². The van der Waals surface area contributed by atoms with Crippen molar-refractivity contribution >= 4 is 17.7 Å². The minimum absolute atomic E-state index is 0.0518. The van der Waals surface area contributed by atoms with E-state index in [-0.39, 0.29) is 23.8 Å². The summed E-state index contributed by atoms with van der Waals surface area (Å²) in [5.41, 5.74) is 2.13. The summed E-state index contributed by atoms with van der Waals surface area (Å²) in [4.78, 5) is 38.5. The largest absolute Gasteiger partial charge is 0.338 e. The molecule has 2 fully saturated rings. The van der Waals surface area contributed by atoms with Gasteiger partial charge in [-0.2, -0.15) is 0 Å². The molecule has 1 aromatic carbocycles. The normalized spacial score (nSPS) is 19.1. The molecule has 0 saturated carbocycles. The van der Waals surface area contributed by atoms with Crippen molar-refractivity contribution in [2.75, 3.05) is 13.1 Å². The lowest BCUT2D eigenvalue weighted by Gasteiger charge is -2.43. The number of carbonyl (C=O) groups excluding carboxylic acids is 3. The van der Waals surface area contributed by atoms with E-state index in [1.807, 2.05) is 31.2 Å². The van der Waals surface area contributed by atoms with Crippen LogP contribution in [0.1, 0.15) is 24.0 Å². The number of hydrogen-bond donors (Lipinski definition) is 0. The fourth-order valence-corrected chi connectivity index (χ4v) is 2.93. The molecule has 0 bridgehead atoms. The Morgan fingerprint density at radius 2 is 1.86 bits per heavy atom. The first-order chi connectivity index (χ1) is 10.0. The Bertz CT molecular complexity index is 589. The predicted molar refractivity (Wildman–Crippen MR) is 76.3 cm³/mol. The van der Waals surface area contributed by atoms with Crippen LogP contribution in [0.5, 0.6) is 0 Å². The average molecular weight is 286 g/mol. The van der Waals surface area contributed by atoms with Gasteiger partial charge in [-0.05, 0) is 12.5 Å². The molecule has 0 spiro atoms. The van der Waals surface area contributed by atoms with Gasteiger partial charge in [-0.15, -0.1) is 0 Å². The number of rotatable bonds is 3. The Hall–Kier alpha value is -2.17. The maximum atomic E-state index is 12.2. The van der Waals surface area contributed by atoms with Crippen molar-refractivity contribution < 1.29 is 14.4 Å². The second-order valence-electron chi connectivity index (χ2n) is 5.78. The molecule has 2 aliphatic rings. The summed E-state index contributed by atoms with van der Waals surface area (Å²) in [6.07, 6.45) is 0.995. The standard InChI is InChI=1S/C16H18N2O3/c1-11-3-2-4-12(7-11)8-16(21)17-9-13(10-17)18-14(19)5-6-15(18)20/h2-4,7,13H,5-6,8-10H2,1H3. The number of carbonyl (C=O) groups is 3. The fourth-order valence-electron chi connectivity index (χ4n) is 2.93. The zero-order valence-electron chi connectivity index (χ0n) is 12.0. The smallest absolute Gasteiger partial charge is 0.230 e. The van der Waals surface area contributed by atoms with Crippen molar-refractivity contribution in [1.29, 1.82) is 0 Å². The van der Waals surface area contributed by atoms with Crippen molar-refractivity contribution in [3.05, 3.63) is 35.4 Å². The molecule has 3 amide bonds. The highest BCUT2D eigenvalue weighted by atomic mass is 16.2. The van der Waals surface area contributed by atoms with Gasteiger partial charge in [-0.3, -0.25) is 19.3 Å². The third-order valence-corrected chi connectivity index (χ3v) is 4.11. The van der Waals surface area contributed by atoms with Crippen LogP contribution in [0.3, 0.4) is 0 Å². The quantitative estimate of drug-likeness (QED) is 0.776. The van der Waals surface area contributed by atoms with E-state index >= 15 is 0 Å². The second kappa shape index (κ2) is 5.31. The monoisotopic (exact) mass is 286 g/mol. The lowest BCUT2D eigenvalue weighted by atomic mass is 10.0. The molecule has 0 radical (unpaired) electrons. The van der Waals surface area contributed by atoms with Crippen LogP contribution in [0.2, 0.25) is 0 Å². The third kappa shape index (κ3) is 2.68. The summed E-state index contributed by atoms with van der Waals surface area (Å²) in [6, 6.07) is 7.77. The van der Waals surface area contributed by atoms with Gasteiger partial charge in [0.2, 0.25) is 17.7 Å². The molecule has 0 aliphatic carbocycles. The number of likely N-dealkylation sites (tertiary alicyclic amines) is 2. The molecule has 0 unspecified atom stereocenters. The molecule has 110 valence electrons. The summed E-state index contributed by atoms with van der Waals surface area (Å²) in [7, 11) is 0. The molecule has 0 aromatic heterocycles. The zero-order valence-corrected chi connectivity index (χ0v) is 12.0. The van der Waals surface area contributed by atoms with Crippen molar-refractivity contribution in [1.82, 2.24) is 9.80 Å². The van der Waals surface area contributed by atoms with Crippen LogP contribution in [-0.4, -0.2) is 46.7 Å². The summed E-state index contributed by atoms with van der Waals surface area (Å²) in [5.74, 6) is -0.150. The van der Waals surface area contributed by atoms with Crippen LogP contribution in [-0.2, 0) is 20.8 Å². The number of imide groups is 1. The zero-order chi connectivity index (χ0) is 15.0. The van der Waals surface area contributed by atoms with Crippen LogP contribution in [0.15, 0.2) is 24.3 Å². The molecule has 2 saturated heterocycles. The van der Waals surface area contributed by atoms with E-state index in [9.17, 15) is 14.4 Å². The SMILES string of the molecule is Cc1cccc(CC(=O)N2CC(N3C(=O)CCC3=O)C2)c1. The maximum absolute atomic E-state index is 12.2. The van der Waals surface area contributed by atoms with Gasteiger partial charge in [0.1, 0.15) is 0 Å². The van der Waals surface area contributed by atoms with E-state index in [0.717, 1.165) is 11.1 Å². The Kier molecular flexibility index (Phi) is 3.49. The highest BCUT2D eigenvalue weighted by Crippen LogP contribution is 2.23. The molecule has 5 nitrogen and oxygen atoms in total. The van der Waals surface area contributed by atoms with Gasteiger partial charge in [0.15, 0.2) is 0 Å². The van der Waals surface area contributed by atoms with Crippen LogP contribution in [0.25, 0.3) is 0 Å². The molecule has 2 heterocycles. The van der Waals surface area contributed by atoms with Crippen molar-refractivity contribution in [2.24, 2.45) is 0 Å². The molecule has 2 aliphatic heterocycles. The van der Waals surface area contributed by atoms with Crippen LogP contribution >= 0.6 is 0 Å². The second-order valence-corrected chi connectivity index (χ2v) is 5.78. The van der Waals surface area contributed by atoms with E-state index in [1.54, 1.807) is 4.90 Å². The minimum atomic E-state index is -0.117. The van der Waals surface area contributed by atoms with Gasteiger partial charge in [0.25, 0.3) is 0 Å². The van der Waals surface area contributed by atoms with E-state index in [1.165, 1.54) is 4.90 Å². The molecule has 5 heteroatoms. The third-order valence-electron chi connectivity index (χ3n) is 4.11. The van der Waals surface area contributed by atoms with E-state index in [0.29, 0.717) is 32.4 Å². The summed E-state index contributed by atoms with van der Waals surface area (Å²) < 4.78 is 0. The van der Waals surface area contributed by atoms with Gasteiger partial charge >= 0.3 is 0 Å². The van der Waals surface area contributed by atoms with Gasteiger partial charge in [0, 0.05) is 25.9 Å². The highest BCUT2D eigenvalue weighted by molar-refractivity contribution is 6.02. The number of aryl methyl sites for hydroxylation is 1. The fraction of sp³-hybridized carbons (Fsp3) is 0.438. The summed E-state index contributed by atoms with van der Waals surface area (Å²) in [6.45, 7) is 2.95. The summed E-state index contributed by atoms with van der Waals surface area (Å²) in [5, 5.41) is 0. The molecule has 0 N–H and O–H groups in total. The van der Waals surface area contributed by atoms with Gasteiger partial charge < -0.3 is 4.90 Å². The van der Waals surface area contributed by atoms with E-state index in [4.69, 9.17) is 0 Å². The highest BCUT2D eigenvalue weighted by Gasteiger charge is 2.42. The lowest BCUT2D eigenvalue weighted by molar-refractivity contribution is -0.151. The Morgan fingerprint density at radius 3 is 2.48 bits per heavy atom. The first-order valence-electron chi connectivity index (χ1n) is 7.23. The first kappa shape index (κ1) is 13.8. The average Bonchev–Trinajstić information content (AvgIpc) is 2.69. The first-order valence-corrected chi connectivity index (χ1v) is 7.23. The predicted octanol–water partition coefficient (Wildman–Crippen LogP) is 0.897. The number of amides is 3. The molecule has 0 atom stereocenters. The van der Waals surface area contributed by atoms with Crippen LogP contribution in [0.4, 0.5) is 0 Å². The number of hydrogen-bond acceptors (Lipinski definition) is 3. The number of nitrogens with zero attached hydrogens (tertiary/aromatic N) is 2. The Balaban J connectivity index is 1.55. The van der Waals surface area contributed by atoms with Crippen LogP contribution < -0.4 is 0 Å². The Morgan fingerprint density at radius 1 is 1.19 bits per heavy atom. The van der Waals surface area contributed by atoms with Crippen molar-refractivity contribution in [3.63, 3.8) is 0 Å². The molecule has 21 heavy (non-hydrogen) atoms. The van der Waals surface area contributed by atoms with Crippen molar-refractivity contribution in [3.8, 4) is 0 Å². The van der Waals surface area contributed by atoms with Gasteiger partial charge in [-0.25, -0.2) is 0 Å². The lowest BCUT2D eigenvalue weighted by Crippen LogP contribution is -2.62. The van der Waals surface area contributed by atoms with Gasteiger partial charge in [-0.1, -0.05) is 29.8 Å². The summed E-state index contributed by atoms with van der Waals surface area (Å²) >= 11 is 0. The molecular weight excluding hydrogens is 268 g/mol. The molecular formula is C16H18N2O3. The minimum Gasteiger partial charge on any atom is -0.338 e. The van der Waals surface area contributed by atoms with Gasteiger partial charge in [0.05, 0.1) is 12.5 Å². The molecule has 3 rings (SSSR count). The Labute approximate surface area is 123 Å².